The van der Waals surface area contributed by atoms with E-state index in [1.807, 2.05) is 6.07 Å². The first-order valence-corrected chi connectivity index (χ1v) is 8.70. The van der Waals surface area contributed by atoms with E-state index >= 15 is 0 Å². The van der Waals surface area contributed by atoms with Crippen LogP contribution in [0.4, 0.5) is 0 Å². The van der Waals surface area contributed by atoms with Crippen molar-refractivity contribution in [1.82, 2.24) is 10.2 Å². The third kappa shape index (κ3) is 3.61. The number of halogens is 1. The van der Waals surface area contributed by atoms with Crippen LogP contribution in [0.25, 0.3) is 0 Å². The number of likely N-dealkylation sites (tertiary alicyclic amines) is 1. The van der Waals surface area contributed by atoms with Crippen molar-refractivity contribution in [2.45, 2.75) is 57.5 Å². The molecule has 0 spiro atoms. The van der Waals surface area contributed by atoms with Gasteiger partial charge >= 0.3 is 0 Å². The van der Waals surface area contributed by atoms with Crippen LogP contribution in [0.1, 0.15) is 45.1 Å². The Labute approximate surface area is 134 Å². The molecule has 0 aliphatic carbocycles. The lowest BCUT2D eigenvalue weighted by atomic mass is 9.80. The molecule has 2 rings (SSSR count). The largest absolute Gasteiger partial charge is 0.315 e. The second kappa shape index (κ2) is 7.62. The number of benzene rings is 1. The number of hydrogen-bond acceptors (Lipinski definition) is 2. The Bertz CT molecular complexity index is 437. The van der Waals surface area contributed by atoms with Crippen molar-refractivity contribution in [2.75, 3.05) is 20.1 Å². The monoisotopic (exact) mass is 308 g/mol. The predicted molar refractivity (Wildman–Crippen MR) is 92.1 cm³/mol. The average molecular weight is 309 g/mol. The van der Waals surface area contributed by atoms with Crippen LogP contribution in [0.3, 0.4) is 0 Å². The van der Waals surface area contributed by atoms with E-state index in [1.54, 1.807) is 0 Å². The van der Waals surface area contributed by atoms with Gasteiger partial charge < -0.3 is 5.32 Å². The lowest BCUT2D eigenvalue weighted by Crippen LogP contribution is -2.60. The minimum absolute atomic E-state index is 0.258. The summed E-state index contributed by atoms with van der Waals surface area (Å²) < 4.78 is 0. The zero-order chi connectivity index (χ0) is 15.3. The molecule has 0 amide bonds. The quantitative estimate of drug-likeness (QED) is 0.815. The van der Waals surface area contributed by atoms with Gasteiger partial charge in [-0.2, -0.15) is 0 Å². The Hall–Kier alpha value is -0.570. The number of likely N-dealkylation sites (N-methyl/N-ethyl adjacent to an activating group) is 1. The minimum atomic E-state index is 0.258. The molecular formula is C18H29ClN2. The first-order valence-electron chi connectivity index (χ1n) is 8.33. The summed E-state index contributed by atoms with van der Waals surface area (Å²) in [6.07, 6.45) is 6.10. The van der Waals surface area contributed by atoms with Gasteiger partial charge in [0.25, 0.3) is 0 Å². The summed E-state index contributed by atoms with van der Waals surface area (Å²) in [5, 5.41) is 4.44. The van der Waals surface area contributed by atoms with E-state index in [4.69, 9.17) is 11.6 Å². The van der Waals surface area contributed by atoms with E-state index in [1.165, 1.54) is 44.3 Å². The third-order valence-electron chi connectivity index (χ3n) is 5.29. The summed E-state index contributed by atoms with van der Waals surface area (Å²) >= 11 is 6.15. The van der Waals surface area contributed by atoms with Gasteiger partial charge in [-0.15, -0.1) is 0 Å². The highest BCUT2D eigenvalue weighted by molar-refractivity contribution is 6.30. The molecule has 0 aromatic heterocycles. The molecular weight excluding hydrogens is 280 g/mol. The molecule has 1 aliphatic rings. The van der Waals surface area contributed by atoms with Crippen LogP contribution in [-0.2, 0) is 6.42 Å². The molecule has 1 heterocycles. The van der Waals surface area contributed by atoms with E-state index in [0.717, 1.165) is 11.4 Å². The Kier molecular flexibility index (Phi) is 6.09. The van der Waals surface area contributed by atoms with Crippen LogP contribution in [-0.4, -0.2) is 36.6 Å². The zero-order valence-electron chi connectivity index (χ0n) is 13.7. The highest BCUT2D eigenvalue weighted by Crippen LogP contribution is 2.33. The summed E-state index contributed by atoms with van der Waals surface area (Å²) in [4.78, 5) is 2.72. The third-order valence-corrected chi connectivity index (χ3v) is 5.52. The molecule has 1 atom stereocenters. The molecule has 1 N–H and O–H groups in total. The van der Waals surface area contributed by atoms with E-state index in [0.29, 0.717) is 6.04 Å². The molecule has 1 aromatic carbocycles. The highest BCUT2D eigenvalue weighted by Gasteiger charge is 2.41. The van der Waals surface area contributed by atoms with Crippen molar-refractivity contribution in [3.8, 4) is 0 Å². The van der Waals surface area contributed by atoms with Crippen molar-refractivity contribution in [3.05, 3.63) is 34.9 Å². The molecule has 1 unspecified atom stereocenters. The van der Waals surface area contributed by atoms with Gasteiger partial charge in [0, 0.05) is 16.6 Å². The van der Waals surface area contributed by atoms with Gasteiger partial charge in [0.15, 0.2) is 0 Å². The molecule has 0 radical (unpaired) electrons. The molecule has 118 valence electrons. The van der Waals surface area contributed by atoms with Crippen LogP contribution >= 0.6 is 11.6 Å². The van der Waals surface area contributed by atoms with Gasteiger partial charge in [-0.3, -0.25) is 4.90 Å². The van der Waals surface area contributed by atoms with Crippen LogP contribution in [0.15, 0.2) is 24.3 Å². The van der Waals surface area contributed by atoms with Gasteiger partial charge in [-0.05, 0) is 69.9 Å². The van der Waals surface area contributed by atoms with Crippen molar-refractivity contribution in [2.24, 2.45) is 0 Å². The van der Waals surface area contributed by atoms with Gasteiger partial charge in [0.1, 0.15) is 0 Å². The fraction of sp³-hybridized carbons (Fsp3) is 0.667. The van der Waals surface area contributed by atoms with Crippen LogP contribution in [0.2, 0.25) is 5.02 Å². The Morgan fingerprint density at radius 3 is 2.43 bits per heavy atom. The van der Waals surface area contributed by atoms with Gasteiger partial charge in [-0.1, -0.05) is 37.6 Å². The van der Waals surface area contributed by atoms with Crippen LogP contribution in [0, 0.1) is 0 Å². The zero-order valence-corrected chi connectivity index (χ0v) is 14.4. The maximum atomic E-state index is 6.15. The maximum absolute atomic E-state index is 6.15. The first-order chi connectivity index (χ1) is 10.2. The minimum Gasteiger partial charge on any atom is -0.315 e. The smallest absolute Gasteiger partial charge is 0.0408 e. The second-order valence-corrected chi connectivity index (χ2v) is 6.62. The fourth-order valence-electron chi connectivity index (χ4n) is 4.03. The van der Waals surface area contributed by atoms with Gasteiger partial charge in [-0.25, -0.2) is 0 Å². The maximum Gasteiger partial charge on any atom is 0.0408 e. The van der Waals surface area contributed by atoms with Crippen LogP contribution < -0.4 is 5.32 Å². The molecule has 0 bridgehead atoms. The van der Waals surface area contributed by atoms with Gasteiger partial charge in [0.2, 0.25) is 0 Å². The molecule has 1 fully saturated rings. The predicted octanol–water partition coefficient (Wildman–Crippen LogP) is 4.13. The molecule has 3 heteroatoms. The fourth-order valence-corrected chi connectivity index (χ4v) is 4.25. The summed E-state index contributed by atoms with van der Waals surface area (Å²) in [6, 6.07) is 8.76. The molecule has 0 saturated carbocycles. The molecule has 2 nitrogen and oxygen atoms in total. The van der Waals surface area contributed by atoms with E-state index < -0.39 is 0 Å². The SMILES string of the molecule is CCC(CC)(C(Cc1cccc(Cl)c1)NC)N1CCCC1. The van der Waals surface area contributed by atoms with E-state index in [2.05, 4.69) is 49.3 Å². The molecule has 1 aromatic rings. The molecule has 21 heavy (non-hydrogen) atoms. The van der Waals surface area contributed by atoms with Crippen molar-refractivity contribution >= 4 is 11.6 Å². The number of rotatable bonds is 7. The number of hydrogen-bond donors (Lipinski definition) is 1. The summed E-state index contributed by atoms with van der Waals surface area (Å²) in [6.45, 7) is 7.17. The summed E-state index contributed by atoms with van der Waals surface area (Å²) in [5.41, 5.74) is 1.58. The highest BCUT2D eigenvalue weighted by atomic mass is 35.5. The van der Waals surface area contributed by atoms with E-state index in [-0.39, 0.29) is 5.54 Å². The second-order valence-electron chi connectivity index (χ2n) is 6.18. The van der Waals surface area contributed by atoms with Crippen molar-refractivity contribution in [1.29, 1.82) is 0 Å². The van der Waals surface area contributed by atoms with Crippen LogP contribution in [0.5, 0.6) is 0 Å². The number of nitrogens with zero attached hydrogens (tertiary/aromatic N) is 1. The molecule has 1 saturated heterocycles. The van der Waals surface area contributed by atoms with Crippen molar-refractivity contribution in [3.63, 3.8) is 0 Å². The van der Waals surface area contributed by atoms with Gasteiger partial charge in [0.05, 0.1) is 0 Å². The summed E-state index contributed by atoms with van der Waals surface area (Å²) in [5.74, 6) is 0. The Morgan fingerprint density at radius 1 is 1.24 bits per heavy atom. The van der Waals surface area contributed by atoms with E-state index in [9.17, 15) is 0 Å². The normalized spacial score (nSPS) is 18.1. The number of nitrogens with one attached hydrogen (secondary N) is 1. The standard InChI is InChI=1S/C18H29ClN2/c1-4-18(5-2,21-11-6-7-12-21)17(20-3)14-15-9-8-10-16(19)13-15/h8-10,13,17,20H,4-7,11-12,14H2,1-3H3. The average Bonchev–Trinajstić information content (AvgIpc) is 3.02. The lowest BCUT2D eigenvalue weighted by Gasteiger charge is -2.47. The molecule has 1 aliphatic heterocycles. The first kappa shape index (κ1) is 16.8. The Morgan fingerprint density at radius 2 is 1.90 bits per heavy atom. The Balaban J connectivity index is 2.22. The summed E-state index contributed by atoms with van der Waals surface area (Å²) in [7, 11) is 2.10. The lowest BCUT2D eigenvalue weighted by molar-refractivity contribution is 0.0650. The van der Waals surface area contributed by atoms with Crippen molar-refractivity contribution < 1.29 is 0 Å². The topological polar surface area (TPSA) is 15.3 Å².